The van der Waals surface area contributed by atoms with E-state index in [1.165, 1.54) is 23.8 Å². The van der Waals surface area contributed by atoms with Crippen molar-refractivity contribution in [1.29, 1.82) is 0 Å². The molecule has 1 heterocycles. The van der Waals surface area contributed by atoms with Gasteiger partial charge in [0, 0.05) is 17.5 Å². The molecule has 1 aliphatic rings. The van der Waals surface area contributed by atoms with Crippen LogP contribution in [0.15, 0.2) is 34.9 Å². The van der Waals surface area contributed by atoms with Crippen molar-refractivity contribution >= 4 is 11.9 Å². The fourth-order valence-corrected chi connectivity index (χ4v) is 4.18. The number of furan rings is 1. The molecule has 1 aromatic heterocycles. The number of benzene rings is 1. The summed E-state index contributed by atoms with van der Waals surface area (Å²) in [4.78, 5) is 23.9. The molecule has 0 bridgehead atoms. The Kier molecular flexibility index (Phi) is 5.68. The number of carboxylic acids is 1. The largest absolute Gasteiger partial charge is 0.481 e. The third-order valence-corrected chi connectivity index (χ3v) is 5.62. The van der Waals surface area contributed by atoms with Gasteiger partial charge in [0.15, 0.2) is 0 Å². The lowest BCUT2D eigenvalue weighted by Crippen LogP contribution is -2.42. The molecule has 0 unspecified atom stereocenters. The first-order valence-corrected chi connectivity index (χ1v) is 9.55. The number of amides is 1. The summed E-state index contributed by atoms with van der Waals surface area (Å²) in [6.45, 7) is 4.40. The van der Waals surface area contributed by atoms with Crippen LogP contribution in [0.5, 0.6) is 0 Å². The average Bonchev–Trinajstić information content (AvgIpc) is 3.00. The number of carbonyl (C=O) groups excluding carboxylic acids is 1. The minimum absolute atomic E-state index is 0.0649. The second-order valence-electron chi connectivity index (χ2n) is 7.68. The molecule has 2 aromatic rings. The maximum absolute atomic E-state index is 12.8. The van der Waals surface area contributed by atoms with Crippen molar-refractivity contribution in [1.82, 2.24) is 5.32 Å². The third-order valence-electron chi connectivity index (χ3n) is 5.62. The van der Waals surface area contributed by atoms with Crippen LogP contribution in [0.3, 0.4) is 0 Å². The van der Waals surface area contributed by atoms with Gasteiger partial charge < -0.3 is 14.8 Å². The molecule has 3 rings (SSSR count). The maximum Gasteiger partial charge on any atom is 0.311 e. The van der Waals surface area contributed by atoms with Crippen molar-refractivity contribution in [2.24, 2.45) is 0 Å². The highest BCUT2D eigenvalue weighted by molar-refractivity contribution is 5.97. The number of aliphatic carboxylic acids is 1. The van der Waals surface area contributed by atoms with Crippen LogP contribution in [0, 0.1) is 13.8 Å². The van der Waals surface area contributed by atoms with Gasteiger partial charge in [-0.2, -0.15) is 0 Å². The van der Waals surface area contributed by atoms with Gasteiger partial charge in [0.1, 0.15) is 12.2 Å². The molecule has 0 spiro atoms. The predicted molar refractivity (Wildman–Crippen MR) is 103 cm³/mol. The highest BCUT2D eigenvalue weighted by Crippen LogP contribution is 2.39. The summed E-state index contributed by atoms with van der Waals surface area (Å²) in [5, 5.41) is 12.1. The molecule has 5 nitrogen and oxygen atoms in total. The summed E-state index contributed by atoms with van der Waals surface area (Å²) in [6, 6.07) is 8.54. The zero-order valence-electron chi connectivity index (χ0n) is 16.0. The zero-order valence-corrected chi connectivity index (χ0v) is 16.0. The molecule has 0 saturated heterocycles. The molecule has 1 aliphatic carbocycles. The summed E-state index contributed by atoms with van der Waals surface area (Å²) in [5.74, 6) is -1.05. The molecule has 144 valence electrons. The van der Waals surface area contributed by atoms with Crippen LogP contribution < -0.4 is 5.32 Å². The van der Waals surface area contributed by atoms with E-state index in [9.17, 15) is 9.59 Å². The molecule has 1 fully saturated rings. The lowest BCUT2D eigenvalue weighted by atomic mass is 9.69. The standard InChI is InChI=1S/C22H27NO4/c1-15-7-6-8-17(11-15)22(9-4-3-5-10-22)14-23-21(26)20-16(2)13-27-18(20)12-19(24)25/h6-8,11,13H,3-5,9-10,12,14H2,1-2H3,(H,23,26)(H,24,25). The predicted octanol–water partition coefficient (Wildman–Crippen LogP) is 4.16. The van der Waals surface area contributed by atoms with E-state index in [-0.39, 0.29) is 23.5 Å². The smallest absolute Gasteiger partial charge is 0.311 e. The number of carboxylic acid groups (broad SMARTS) is 1. The second kappa shape index (κ2) is 7.99. The molecule has 0 aliphatic heterocycles. The molecule has 0 atom stereocenters. The van der Waals surface area contributed by atoms with Crippen LogP contribution in [-0.2, 0) is 16.6 Å². The minimum Gasteiger partial charge on any atom is -0.481 e. The van der Waals surface area contributed by atoms with Crippen molar-refractivity contribution in [3.63, 3.8) is 0 Å². The summed E-state index contributed by atoms with van der Waals surface area (Å²) in [6.07, 6.45) is 6.78. The lowest BCUT2D eigenvalue weighted by molar-refractivity contribution is -0.136. The summed E-state index contributed by atoms with van der Waals surface area (Å²) in [5.41, 5.74) is 3.45. The molecule has 5 heteroatoms. The van der Waals surface area contributed by atoms with Gasteiger partial charge >= 0.3 is 5.97 Å². The summed E-state index contributed by atoms with van der Waals surface area (Å²) >= 11 is 0. The first kappa shape index (κ1) is 19.2. The quantitative estimate of drug-likeness (QED) is 0.801. The first-order valence-electron chi connectivity index (χ1n) is 9.55. The molecule has 1 saturated carbocycles. The molecule has 27 heavy (non-hydrogen) atoms. The van der Waals surface area contributed by atoms with Crippen LogP contribution in [0.2, 0.25) is 0 Å². The minimum atomic E-state index is -1.01. The Morgan fingerprint density at radius 2 is 1.93 bits per heavy atom. The van der Waals surface area contributed by atoms with E-state index in [2.05, 4.69) is 36.5 Å². The topological polar surface area (TPSA) is 79.5 Å². The van der Waals surface area contributed by atoms with Crippen LogP contribution >= 0.6 is 0 Å². The molecule has 0 radical (unpaired) electrons. The molecular formula is C22H27NO4. The van der Waals surface area contributed by atoms with Gasteiger partial charge in [0.2, 0.25) is 0 Å². The summed E-state index contributed by atoms with van der Waals surface area (Å²) < 4.78 is 5.30. The van der Waals surface area contributed by atoms with Crippen molar-refractivity contribution in [3.8, 4) is 0 Å². The van der Waals surface area contributed by atoms with E-state index >= 15 is 0 Å². The fraction of sp³-hybridized carbons (Fsp3) is 0.455. The highest BCUT2D eigenvalue weighted by Gasteiger charge is 2.35. The van der Waals surface area contributed by atoms with Crippen LogP contribution in [0.25, 0.3) is 0 Å². The lowest BCUT2D eigenvalue weighted by Gasteiger charge is -2.38. The van der Waals surface area contributed by atoms with Gasteiger partial charge in [0.25, 0.3) is 5.91 Å². The molecule has 1 amide bonds. The van der Waals surface area contributed by atoms with Gasteiger partial charge in [0.05, 0.1) is 11.8 Å². The van der Waals surface area contributed by atoms with E-state index in [1.807, 2.05) is 0 Å². The number of rotatable bonds is 6. The fourth-order valence-electron chi connectivity index (χ4n) is 4.18. The zero-order chi connectivity index (χ0) is 19.4. The van der Waals surface area contributed by atoms with E-state index in [0.717, 1.165) is 25.7 Å². The van der Waals surface area contributed by atoms with Crippen molar-refractivity contribution in [2.75, 3.05) is 6.54 Å². The van der Waals surface area contributed by atoms with E-state index in [1.54, 1.807) is 6.92 Å². The van der Waals surface area contributed by atoms with Crippen molar-refractivity contribution < 1.29 is 19.1 Å². The molecule has 2 N–H and O–H groups in total. The Labute approximate surface area is 159 Å². The monoisotopic (exact) mass is 369 g/mol. The number of nitrogens with one attached hydrogen (secondary N) is 1. The highest BCUT2D eigenvalue weighted by atomic mass is 16.4. The number of carbonyl (C=O) groups is 2. The van der Waals surface area contributed by atoms with Gasteiger partial charge in [-0.3, -0.25) is 9.59 Å². The molecule has 1 aromatic carbocycles. The maximum atomic E-state index is 12.8. The van der Waals surface area contributed by atoms with E-state index < -0.39 is 5.97 Å². The van der Waals surface area contributed by atoms with Crippen molar-refractivity contribution in [3.05, 3.63) is 58.5 Å². The van der Waals surface area contributed by atoms with Crippen LogP contribution in [-0.4, -0.2) is 23.5 Å². The Balaban J connectivity index is 1.81. The first-order chi connectivity index (χ1) is 12.9. The van der Waals surface area contributed by atoms with Gasteiger partial charge in [-0.25, -0.2) is 0 Å². The number of aryl methyl sites for hydroxylation is 2. The van der Waals surface area contributed by atoms with Gasteiger partial charge in [-0.05, 0) is 32.3 Å². The number of hydrogen-bond donors (Lipinski definition) is 2. The average molecular weight is 369 g/mol. The number of hydrogen-bond acceptors (Lipinski definition) is 3. The van der Waals surface area contributed by atoms with E-state index in [0.29, 0.717) is 17.7 Å². The van der Waals surface area contributed by atoms with Crippen LogP contribution in [0.1, 0.15) is 64.9 Å². The van der Waals surface area contributed by atoms with E-state index in [4.69, 9.17) is 9.52 Å². The Morgan fingerprint density at radius 1 is 1.19 bits per heavy atom. The third kappa shape index (κ3) is 4.24. The Hall–Kier alpha value is -2.56. The Morgan fingerprint density at radius 3 is 2.59 bits per heavy atom. The van der Waals surface area contributed by atoms with Gasteiger partial charge in [-0.15, -0.1) is 0 Å². The Bertz CT molecular complexity index is 831. The molecular weight excluding hydrogens is 342 g/mol. The SMILES string of the molecule is Cc1cccc(C2(CNC(=O)c3c(C)coc3CC(=O)O)CCCCC2)c1. The van der Waals surface area contributed by atoms with Crippen molar-refractivity contribution in [2.45, 2.75) is 57.8 Å². The van der Waals surface area contributed by atoms with Crippen LogP contribution in [0.4, 0.5) is 0 Å². The summed E-state index contributed by atoms with van der Waals surface area (Å²) in [7, 11) is 0. The van der Waals surface area contributed by atoms with Gasteiger partial charge in [-0.1, -0.05) is 49.1 Å². The normalized spacial score (nSPS) is 16.1. The second-order valence-corrected chi connectivity index (χ2v) is 7.68.